The maximum Gasteiger partial charge on any atom is 0.260 e. The summed E-state index contributed by atoms with van der Waals surface area (Å²) in [6.07, 6.45) is 2.03. The second-order valence-electron chi connectivity index (χ2n) is 5.76. The minimum absolute atomic E-state index is 0.0103. The van der Waals surface area contributed by atoms with Crippen molar-refractivity contribution in [3.63, 3.8) is 0 Å². The Morgan fingerprint density at radius 2 is 2.22 bits per heavy atom. The Morgan fingerprint density at radius 3 is 3.00 bits per heavy atom. The first-order valence-corrected chi connectivity index (χ1v) is 7.55. The summed E-state index contributed by atoms with van der Waals surface area (Å²) in [7, 11) is 1.68. The molecular weight excluding hydrogens is 294 g/mol. The van der Waals surface area contributed by atoms with E-state index in [2.05, 4.69) is 4.98 Å². The van der Waals surface area contributed by atoms with Crippen molar-refractivity contribution in [2.75, 3.05) is 13.2 Å². The molecule has 2 aromatic rings. The lowest BCUT2D eigenvalue weighted by Crippen LogP contribution is -2.41. The summed E-state index contributed by atoms with van der Waals surface area (Å²) in [5, 5.41) is 0. The van der Waals surface area contributed by atoms with Gasteiger partial charge in [0.25, 0.3) is 11.5 Å². The highest BCUT2D eigenvalue weighted by Gasteiger charge is 2.24. The second-order valence-corrected chi connectivity index (χ2v) is 5.76. The molecule has 1 amide bonds. The summed E-state index contributed by atoms with van der Waals surface area (Å²) in [5.74, 6) is 0.586. The number of aryl methyl sites for hydroxylation is 2. The number of aromatic nitrogens is 2. The molecule has 6 heteroatoms. The summed E-state index contributed by atoms with van der Waals surface area (Å²) in [5.41, 5.74) is 2.45. The molecule has 1 aliphatic heterocycles. The highest BCUT2D eigenvalue weighted by molar-refractivity contribution is 5.78. The first kappa shape index (κ1) is 15.3. The highest BCUT2D eigenvalue weighted by atomic mass is 16.5. The van der Waals surface area contributed by atoms with Gasteiger partial charge in [-0.15, -0.1) is 0 Å². The number of fused-ring (bicyclic) bond motifs is 1. The van der Waals surface area contributed by atoms with Gasteiger partial charge in [-0.25, -0.2) is 4.98 Å². The molecule has 23 heavy (non-hydrogen) atoms. The van der Waals surface area contributed by atoms with Crippen LogP contribution < -0.4 is 10.3 Å². The van der Waals surface area contributed by atoms with Crippen molar-refractivity contribution in [1.82, 2.24) is 14.5 Å². The Kier molecular flexibility index (Phi) is 4.14. The van der Waals surface area contributed by atoms with E-state index in [4.69, 9.17) is 4.74 Å². The molecule has 0 saturated heterocycles. The molecule has 1 aliphatic rings. The number of ether oxygens (including phenoxy) is 1. The molecule has 6 nitrogen and oxygen atoms in total. The van der Waals surface area contributed by atoms with Crippen molar-refractivity contribution in [2.45, 2.75) is 19.9 Å². The van der Waals surface area contributed by atoms with Crippen molar-refractivity contribution in [3.05, 3.63) is 57.8 Å². The summed E-state index contributed by atoms with van der Waals surface area (Å²) < 4.78 is 7.02. The first-order chi connectivity index (χ1) is 11.0. The van der Waals surface area contributed by atoms with Crippen LogP contribution in [0.15, 0.2) is 35.4 Å². The van der Waals surface area contributed by atoms with Gasteiger partial charge in [0.05, 0.1) is 18.6 Å². The van der Waals surface area contributed by atoms with Crippen LogP contribution in [0.3, 0.4) is 0 Å². The van der Waals surface area contributed by atoms with Crippen LogP contribution >= 0.6 is 0 Å². The van der Waals surface area contributed by atoms with E-state index in [-0.39, 0.29) is 18.1 Å². The first-order valence-electron chi connectivity index (χ1n) is 7.55. The topological polar surface area (TPSA) is 64.4 Å². The summed E-state index contributed by atoms with van der Waals surface area (Å²) in [6.45, 7) is 2.84. The zero-order valence-corrected chi connectivity index (χ0v) is 13.3. The van der Waals surface area contributed by atoms with Crippen LogP contribution in [0.4, 0.5) is 0 Å². The molecule has 120 valence electrons. The molecule has 0 saturated carbocycles. The van der Waals surface area contributed by atoms with Crippen LogP contribution in [0.5, 0.6) is 5.75 Å². The average molecular weight is 313 g/mol. The molecule has 0 bridgehead atoms. The van der Waals surface area contributed by atoms with Crippen LogP contribution in [0, 0.1) is 6.92 Å². The van der Waals surface area contributed by atoms with E-state index in [0.29, 0.717) is 36.5 Å². The van der Waals surface area contributed by atoms with Crippen molar-refractivity contribution in [2.24, 2.45) is 7.05 Å². The minimum Gasteiger partial charge on any atom is -0.484 e. The molecule has 2 heterocycles. The number of hydrogen-bond acceptors (Lipinski definition) is 4. The molecule has 1 aromatic heterocycles. The van der Waals surface area contributed by atoms with Crippen molar-refractivity contribution in [1.29, 1.82) is 0 Å². The SMILES string of the molecule is Cc1cccc(OCC(=O)N2CCc3c(ncn(C)c3=O)C2)c1. The second kappa shape index (κ2) is 6.24. The molecule has 0 N–H and O–H groups in total. The van der Waals surface area contributed by atoms with Crippen LogP contribution in [0.2, 0.25) is 0 Å². The monoisotopic (exact) mass is 313 g/mol. The van der Waals surface area contributed by atoms with Gasteiger partial charge in [-0.05, 0) is 31.0 Å². The Hall–Kier alpha value is -2.63. The van der Waals surface area contributed by atoms with E-state index in [9.17, 15) is 9.59 Å². The Balaban J connectivity index is 1.65. The number of carbonyl (C=O) groups excluding carboxylic acids is 1. The summed E-state index contributed by atoms with van der Waals surface area (Å²) >= 11 is 0. The lowest BCUT2D eigenvalue weighted by molar-refractivity contribution is -0.134. The van der Waals surface area contributed by atoms with Gasteiger partial charge in [0.15, 0.2) is 6.61 Å². The number of carbonyl (C=O) groups is 1. The number of amides is 1. The van der Waals surface area contributed by atoms with Crippen molar-refractivity contribution < 1.29 is 9.53 Å². The third-order valence-electron chi connectivity index (χ3n) is 3.99. The fourth-order valence-corrected chi connectivity index (χ4v) is 2.67. The lowest BCUT2D eigenvalue weighted by atomic mass is 10.1. The van der Waals surface area contributed by atoms with E-state index in [1.807, 2.05) is 31.2 Å². The van der Waals surface area contributed by atoms with E-state index in [0.717, 1.165) is 5.56 Å². The number of benzene rings is 1. The third-order valence-corrected chi connectivity index (χ3v) is 3.99. The van der Waals surface area contributed by atoms with Crippen LogP contribution in [-0.2, 0) is 24.8 Å². The summed E-state index contributed by atoms with van der Waals surface area (Å²) in [4.78, 5) is 30.3. The predicted molar refractivity (Wildman–Crippen MR) is 85.3 cm³/mol. The van der Waals surface area contributed by atoms with Gasteiger partial charge in [0, 0.05) is 19.2 Å². The standard InChI is InChI=1S/C17H19N3O3/c1-12-4-3-5-13(8-12)23-10-16(21)20-7-6-14-15(9-20)18-11-19(2)17(14)22/h3-5,8,11H,6-7,9-10H2,1-2H3. The van der Waals surface area contributed by atoms with Gasteiger partial charge in [0.2, 0.25) is 0 Å². The van der Waals surface area contributed by atoms with Crippen LogP contribution in [-0.4, -0.2) is 33.5 Å². The van der Waals surface area contributed by atoms with Gasteiger partial charge in [-0.2, -0.15) is 0 Å². The van der Waals surface area contributed by atoms with Gasteiger partial charge in [-0.3, -0.25) is 9.59 Å². The lowest BCUT2D eigenvalue weighted by Gasteiger charge is -2.27. The van der Waals surface area contributed by atoms with E-state index >= 15 is 0 Å². The Bertz CT molecular complexity index is 798. The van der Waals surface area contributed by atoms with Gasteiger partial charge < -0.3 is 14.2 Å². The normalized spacial score (nSPS) is 13.6. The zero-order valence-electron chi connectivity index (χ0n) is 13.3. The summed E-state index contributed by atoms with van der Waals surface area (Å²) in [6, 6.07) is 7.59. The largest absolute Gasteiger partial charge is 0.484 e. The van der Waals surface area contributed by atoms with E-state index < -0.39 is 0 Å². The quantitative estimate of drug-likeness (QED) is 0.850. The smallest absolute Gasteiger partial charge is 0.260 e. The van der Waals surface area contributed by atoms with Crippen molar-refractivity contribution in [3.8, 4) is 5.75 Å². The Morgan fingerprint density at radius 1 is 1.39 bits per heavy atom. The highest BCUT2D eigenvalue weighted by Crippen LogP contribution is 2.15. The average Bonchev–Trinajstić information content (AvgIpc) is 2.56. The van der Waals surface area contributed by atoms with Gasteiger partial charge >= 0.3 is 0 Å². The minimum atomic E-state index is -0.0976. The van der Waals surface area contributed by atoms with Gasteiger partial charge in [0.1, 0.15) is 5.75 Å². The molecule has 1 aromatic carbocycles. The van der Waals surface area contributed by atoms with Crippen molar-refractivity contribution >= 4 is 5.91 Å². The Labute approximate surface area is 134 Å². The molecule has 0 fully saturated rings. The number of nitrogens with zero attached hydrogens (tertiary/aromatic N) is 3. The third kappa shape index (κ3) is 3.26. The maximum atomic E-state index is 12.3. The predicted octanol–water partition coefficient (Wildman–Crippen LogP) is 1.05. The molecular formula is C17H19N3O3. The zero-order chi connectivity index (χ0) is 16.4. The molecule has 0 unspecified atom stereocenters. The van der Waals surface area contributed by atoms with E-state index in [1.54, 1.807) is 11.9 Å². The van der Waals surface area contributed by atoms with E-state index in [1.165, 1.54) is 10.9 Å². The molecule has 0 aliphatic carbocycles. The molecule has 0 atom stereocenters. The molecule has 0 spiro atoms. The van der Waals surface area contributed by atoms with Gasteiger partial charge in [-0.1, -0.05) is 12.1 Å². The number of rotatable bonds is 3. The number of hydrogen-bond donors (Lipinski definition) is 0. The maximum absolute atomic E-state index is 12.3. The van der Waals surface area contributed by atoms with Crippen LogP contribution in [0.25, 0.3) is 0 Å². The molecule has 3 rings (SSSR count). The molecule has 0 radical (unpaired) electrons. The fourth-order valence-electron chi connectivity index (χ4n) is 2.67. The van der Waals surface area contributed by atoms with Crippen LogP contribution in [0.1, 0.15) is 16.8 Å². The fraction of sp³-hybridized carbons (Fsp3) is 0.353.